The number of rotatable bonds is 5. The first-order chi connectivity index (χ1) is 11.6. The molecule has 1 unspecified atom stereocenters. The number of hydrogen-bond donors (Lipinski definition) is 1. The Morgan fingerprint density at radius 3 is 2.83 bits per heavy atom. The molecule has 7 heteroatoms. The zero-order valence-electron chi connectivity index (χ0n) is 13.0. The number of morpholine rings is 1. The highest BCUT2D eigenvalue weighted by molar-refractivity contribution is 9.10. The quantitative estimate of drug-likeness (QED) is 0.817. The summed E-state index contributed by atoms with van der Waals surface area (Å²) in [5.41, 5.74) is 0.434. The molecule has 1 N–H and O–H groups in total. The summed E-state index contributed by atoms with van der Waals surface area (Å²) in [6.07, 6.45) is 0. The maximum absolute atomic E-state index is 13.2. The Bertz CT molecular complexity index is 690. The molecular formula is C17H18BrFN2O2S. The number of hydrogen-bond acceptors (Lipinski definition) is 4. The van der Waals surface area contributed by atoms with Crippen molar-refractivity contribution in [2.24, 2.45) is 0 Å². The summed E-state index contributed by atoms with van der Waals surface area (Å²) in [6, 6.07) is 8.31. The van der Waals surface area contributed by atoms with E-state index >= 15 is 0 Å². The smallest absolute Gasteiger partial charge is 0.252 e. The van der Waals surface area contributed by atoms with E-state index in [1.54, 1.807) is 11.3 Å². The average molecular weight is 413 g/mol. The van der Waals surface area contributed by atoms with Gasteiger partial charge in [-0.2, -0.15) is 0 Å². The standard InChI is InChI=1S/C17H18BrFN2O2S/c18-14-10-12(19)3-4-13(14)17(22)20-11-15(16-2-1-9-24-16)21-5-7-23-8-6-21/h1-4,9-10,15H,5-8,11H2,(H,20,22). The van der Waals surface area contributed by atoms with E-state index in [1.165, 1.54) is 23.1 Å². The van der Waals surface area contributed by atoms with Crippen molar-refractivity contribution in [1.82, 2.24) is 10.2 Å². The van der Waals surface area contributed by atoms with Gasteiger partial charge in [-0.25, -0.2) is 4.39 Å². The molecule has 1 amide bonds. The molecule has 1 aliphatic heterocycles. The number of benzene rings is 1. The molecule has 1 aromatic heterocycles. The highest BCUT2D eigenvalue weighted by Gasteiger charge is 2.24. The highest BCUT2D eigenvalue weighted by Crippen LogP contribution is 2.26. The second kappa shape index (κ2) is 8.20. The van der Waals surface area contributed by atoms with Crippen molar-refractivity contribution in [3.8, 4) is 0 Å². The summed E-state index contributed by atoms with van der Waals surface area (Å²) < 4.78 is 19.1. The fourth-order valence-electron chi connectivity index (χ4n) is 2.74. The van der Waals surface area contributed by atoms with Crippen molar-refractivity contribution in [2.45, 2.75) is 6.04 Å². The second-order valence-corrected chi connectivity index (χ2v) is 7.35. The second-order valence-electron chi connectivity index (χ2n) is 5.51. The third-order valence-electron chi connectivity index (χ3n) is 3.99. The zero-order valence-corrected chi connectivity index (χ0v) is 15.4. The van der Waals surface area contributed by atoms with Crippen LogP contribution in [0, 0.1) is 5.82 Å². The number of ether oxygens (including phenoxy) is 1. The largest absolute Gasteiger partial charge is 0.379 e. The first-order valence-electron chi connectivity index (χ1n) is 7.73. The molecule has 0 aliphatic carbocycles. The number of nitrogens with zero attached hydrogens (tertiary/aromatic N) is 1. The SMILES string of the molecule is O=C(NCC(c1cccs1)N1CCOCC1)c1ccc(F)cc1Br. The average Bonchev–Trinajstić information content (AvgIpc) is 3.10. The lowest BCUT2D eigenvalue weighted by Crippen LogP contribution is -2.43. The number of nitrogens with one attached hydrogen (secondary N) is 1. The van der Waals surface area contributed by atoms with Gasteiger partial charge in [0, 0.05) is 29.0 Å². The summed E-state index contributed by atoms with van der Waals surface area (Å²) >= 11 is 4.93. The van der Waals surface area contributed by atoms with Gasteiger partial charge >= 0.3 is 0 Å². The number of halogens is 2. The third-order valence-corrected chi connectivity index (χ3v) is 5.62. The van der Waals surface area contributed by atoms with Crippen LogP contribution in [-0.4, -0.2) is 43.7 Å². The van der Waals surface area contributed by atoms with Gasteiger partial charge in [0.15, 0.2) is 0 Å². The molecule has 0 radical (unpaired) electrons. The predicted molar refractivity (Wildman–Crippen MR) is 95.9 cm³/mol. The molecule has 128 valence electrons. The van der Waals surface area contributed by atoms with Crippen LogP contribution in [0.2, 0.25) is 0 Å². The molecule has 1 fully saturated rings. The fourth-order valence-corrected chi connectivity index (χ4v) is 4.13. The maximum atomic E-state index is 13.2. The Morgan fingerprint density at radius 2 is 2.17 bits per heavy atom. The van der Waals surface area contributed by atoms with E-state index in [4.69, 9.17) is 4.74 Å². The monoisotopic (exact) mass is 412 g/mol. The van der Waals surface area contributed by atoms with Gasteiger partial charge in [-0.15, -0.1) is 11.3 Å². The fraction of sp³-hybridized carbons (Fsp3) is 0.353. The maximum Gasteiger partial charge on any atom is 0.252 e. The van der Waals surface area contributed by atoms with Gasteiger partial charge < -0.3 is 10.1 Å². The predicted octanol–water partition coefficient (Wildman–Crippen LogP) is 3.45. The van der Waals surface area contributed by atoms with Crippen LogP contribution in [0.15, 0.2) is 40.2 Å². The lowest BCUT2D eigenvalue weighted by atomic mass is 10.1. The van der Waals surface area contributed by atoms with Crippen LogP contribution in [0.5, 0.6) is 0 Å². The molecule has 2 heterocycles. The van der Waals surface area contributed by atoms with Gasteiger partial charge in [-0.3, -0.25) is 9.69 Å². The van der Waals surface area contributed by atoms with Crippen LogP contribution in [0.3, 0.4) is 0 Å². The molecule has 3 rings (SSSR count). The van der Waals surface area contributed by atoms with Gasteiger partial charge in [0.25, 0.3) is 5.91 Å². The van der Waals surface area contributed by atoms with Gasteiger partial charge in [0.2, 0.25) is 0 Å². The number of amides is 1. The summed E-state index contributed by atoms with van der Waals surface area (Å²) in [5.74, 6) is -0.583. The molecule has 1 atom stereocenters. The molecule has 2 aromatic rings. The van der Waals surface area contributed by atoms with Crippen LogP contribution in [0.1, 0.15) is 21.3 Å². The topological polar surface area (TPSA) is 41.6 Å². The van der Waals surface area contributed by atoms with Crippen LogP contribution >= 0.6 is 27.3 Å². The number of carbonyl (C=O) groups is 1. The van der Waals surface area contributed by atoms with Gasteiger partial charge in [-0.05, 0) is 45.6 Å². The summed E-state index contributed by atoms with van der Waals surface area (Å²) in [7, 11) is 0. The minimum atomic E-state index is -0.372. The first kappa shape index (κ1) is 17.5. The van der Waals surface area contributed by atoms with Gasteiger partial charge in [0.1, 0.15) is 5.82 Å². The van der Waals surface area contributed by atoms with Crippen molar-refractivity contribution in [3.05, 3.63) is 56.4 Å². The van der Waals surface area contributed by atoms with Gasteiger partial charge in [0.05, 0.1) is 24.8 Å². The molecule has 1 saturated heterocycles. The first-order valence-corrected chi connectivity index (χ1v) is 9.41. The van der Waals surface area contributed by atoms with Crippen molar-refractivity contribution in [3.63, 3.8) is 0 Å². The Morgan fingerprint density at radius 1 is 1.38 bits per heavy atom. The third kappa shape index (κ3) is 4.22. The highest BCUT2D eigenvalue weighted by atomic mass is 79.9. The molecular weight excluding hydrogens is 395 g/mol. The zero-order chi connectivity index (χ0) is 16.9. The molecule has 24 heavy (non-hydrogen) atoms. The molecule has 4 nitrogen and oxygen atoms in total. The Hall–Kier alpha value is -1.28. The lowest BCUT2D eigenvalue weighted by Gasteiger charge is -2.34. The van der Waals surface area contributed by atoms with E-state index in [0.29, 0.717) is 29.8 Å². The van der Waals surface area contributed by atoms with Crippen LogP contribution in [0.25, 0.3) is 0 Å². The Labute approximate surface area is 152 Å². The molecule has 1 aromatic carbocycles. The van der Waals surface area contributed by atoms with Crippen LogP contribution < -0.4 is 5.32 Å². The molecule has 0 spiro atoms. The van der Waals surface area contributed by atoms with Crippen molar-refractivity contribution in [1.29, 1.82) is 0 Å². The number of carbonyl (C=O) groups excluding carboxylic acids is 1. The lowest BCUT2D eigenvalue weighted by molar-refractivity contribution is 0.0169. The number of thiophene rings is 1. The normalized spacial score (nSPS) is 16.8. The minimum absolute atomic E-state index is 0.122. The summed E-state index contributed by atoms with van der Waals surface area (Å²) in [5, 5.41) is 5.02. The summed E-state index contributed by atoms with van der Waals surface area (Å²) in [4.78, 5) is 16.0. The molecule has 1 aliphatic rings. The van der Waals surface area contributed by atoms with Crippen molar-refractivity contribution >= 4 is 33.2 Å². The summed E-state index contributed by atoms with van der Waals surface area (Å²) in [6.45, 7) is 3.61. The Kier molecular flexibility index (Phi) is 5.99. The van der Waals surface area contributed by atoms with E-state index in [2.05, 4.69) is 32.2 Å². The minimum Gasteiger partial charge on any atom is -0.379 e. The van der Waals surface area contributed by atoms with E-state index in [9.17, 15) is 9.18 Å². The van der Waals surface area contributed by atoms with E-state index in [1.807, 2.05) is 11.4 Å². The molecule has 0 bridgehead atoms. The van der Waals surface area contributed by atoms with Gasteiger partial charge in [-0.1, -0.05) is 6.07 Å². The van der Waals surface area contributed by atoms with Crippen molar-refractivity contribution in [2.75, 3.05) is 32.8 Å². The van der Waals surface area contributed by atoms with E-state index in [-0.39, 0.29) is 17.8 Å². The van der Waals surface area contributed by atoms with E-state index < -0.39 is 0 Å². The van der Waals surface area contributed by atoms with Crippen LogP contribution in [-0.2, 0) is 4.74 Å². The van der Waals surface area contributed by atoms with Crippen LogP contribution in [0.4, 0.5) is 4.39 Å². The Balaban J connectivity index is 1.70. The van der Waals surface area contributed by atoms with Crippen molar-refractivity contribution < 1.29 is 13.9 Å². The van der Waals surface area contributed by atoms with E-state index in [0.717, 1.165) is 13.1 Å². The molecule has 0 saturated carbocycles.